The highest BCUT2D eigenvalue weighted by Gasteiger charge is 2.14. The molecule has 0 aliphatic carbocycles. The number of carbonyl (C=O) groups is 1. The maximum atomic E-state index is 12.3. The number of nitro groups is 1. The van der Waals surface area contributed by atoms with Crippen LogP contribution in [-0.2, 0) is 0 Å². The zero-order chi connectivity index (χ0) is 20.3. The maximum absolute atomic E-state index is 12.3. The molecule has 0 aliphatic rings. The third-order valence-corrected chi connectivity index (χ3v) is 4.31. The fourth-order valence-electron chi connectivity index (χ4n) is 2.42. The Morgan fingerprint density at radius 1 is 1.25 bits per heavy atom. The molecule has 0 unspecified atom stereocenters. The van der Waals surface area contributed by atoms with E-state index in [-0.39, 0.29) is 35.0 Å². The number of ketones is 1. The van der Waals surface area contributed by atoms with Crippen molar-refractivity contribution in [1.29, 1.82) is 0 Å². The molecule has 0 spiro atoms. The number of Topliss-reactive ketones (excluding diaryl/α,β-unsaturated/α-hetero) is 1. The number of aromatic amines is 1. The molecular formula is C18H12Cl2N4O4. The van der Waals surface area contributed by atoms with Crippen LogP contribution in [0.1, 0.15) is 16.1 Å². The molecule has 0 saturated carbocycles. The van der Waals surface area contributed by atoms with Crippen LogP contribution in [0.5, 0.6) is 5.75 Å². The highest BCUT2D eigenvalue weighted by atomic mass is 35.5. The lowest BCUT2D eigenvalue weighted by atomic mass is 10.1. The minimum absolute atomic E-state index is 0.0936. The summed E-state index contributed by atoms with van der Waals surface area (Å²) in [4.78, 5) is 26.6. The minimum Gasteiger partial charge on any atom is -0.508 e. The molecule has 3 rings (SSSR count). The van der Waals surface area contributed by atoms with Gasteiger partial charge in [-0.05, 0) is 36.4 Å². The SMILES string of the molecule is O=C(CN=Cc1cc(O)ccc1[N+](=O)[O-])c1cc(-c2ccc(Cl)cc2Cl)n[nH]1. The first-order valence-electron chi connectivity index (χ1n) is 7.86. The van der Waals surface area contributed by atoms with Gasteiger partial charge in [0.05, 0.1) is 21.2 Å². The van der Waals surface area contributed by atoms with E-state index < -0.39 is 4.92 Å². The van der Waals surface area contributed by atoms with Crippen LogP contribution in [0.15, 0.2) is 47.5 Å². The van der Waals surface area contributed by atoms with Crippen molar-refractivity contribution < 1.29 is 14.8 Å². The molecule has 0 atom stereocenters. The zero-order valence-corrected chi connectivity index (χ0v) is 15.6. The maximum Gasteiger partial charge on any atom is 0.278 e. The molecule has 2 aromatic carbocycles. The largest absolute Gasteiger partial charge is 0.508 e. The number of nitrogens with zero attached hydrogens (tertiary/aromatic N) is 3. The van der Waals surface area contributed by atoms with E-state index >= 15 is 0 Å². The molecule has 8 nitrogen and oxygen atoms in total. The van der Waals surface area contributed by atoms with Crippen molar-refractivity contribution in [3.63, 3.8) is 0 Å². The lowest BCUT2D eigenvalue weighted by molar-refractivity contribution is -0.385. The van der Waals surface area contributed by atoms with Gasteiger partial charge in [-0.1, -0.05) is 23.2 Å². The summed E-state index contributed by atoms with van der Waals surface area (Å²) in [5.74, 6) is -0.515. The van der Waals surface area contributed by atoms with Gasteiger partial charge in [0.1, 0.15) is 18.0 Å². The Hall–Kier alpha value is -3.23. The number of nitro benzene ring substituents is 1. The van der Waals surface area contributed by atoms with E-state index in [1.807, 2.05) is 0 Å². The van der Waals surface area contributed by atoms with Gasteiger partial charge in [-0.3, -0.25) is 25.0 Å². The van der Waals surface area contributed by atoms with Gasteiger partial charge in [0.15, 0.2) is 0 Å². The van der Waals surface area contributed by atoms with Crippen LogP contribution < -0.4 is 0 Å². The average molecular weight is 419 g/mol. The number of nitrogens with one attached hydrogen (secondary N) is 1. The molecule has 0 bridgehead atoms. The summed E-state index contributed by atoms with van der Waals surface area (Å²) in [5, 5.41) is 28.0. The molecule has 2 N–H and O–H groups in total. The molecule has 0 aliphatic heterocycles. The molecule has 1 heterocycles. The Balaban J connectivity index is 1.74. The van der Waals surface area contributed by atoms with Gasteiger partial charge in [0.2, 0.25) is 5.78 Å². The number of benzene rings is 2. The van der Waals surface area contributed by atoms with Crippen LogP contribution in [0.3, 0.4) is 0 Å². The quantitative estimate of drug-likeness (QED) is 0.267. The van der Waals surface area contributed by atoms with Gasteiger partial charge >= 0.3 is 0 Å². The first-order chi connectivity index (χ1) is 13.3. The normalized spacial score (nSPS) is 11.1. The van der Waals surface area contributed by atoms with Gasteiger partial charge in [-0.25, -0.2) is 0 Å². The lowest BCUT2D eigenvalue weighted by Crippen LogP contribution is -2.04. The molecule has 0 fully saturated rings. The summed E-state index contributed by atoms with van der Waals surface area (Å²) in [6.45, 7) is -0.261. The zero-order valence-electron chi connectivity index (χ0n) is 14.1. The molecule has 0 radical (unpaired) electrons. The number of H-pyrrole nitrogens is 1. The van der Waals surface area contributed by atoms with Crippen molar-refractivity contribution in [2.24, 2.45) is 4.99 Å². The number of carbonyl (C=O) groups excluding carboxylic acids is 1. The van der Waals surface area contributed by atoms with Crippen LogP contribution in [0, 0.1) is 10.1 Å². The first-order valence-corrected chi connectivity index (χ1v) is 8.62. The van der Waals surface area contributed by atoms with Crippen LogP contribution in [0.25, 0.3) is 11.3 Å². The number of phenols is 1. The first kappa shape index (κ1) is 19.5. The number of aromatic nitrogens is 2. The van der Waals surface area contributed by atoms with Crippen LogP contribution >= 0.6 is 23.2 Å². The number of rotatable bonds is 6. The van der Waals surface area contributed by atoms with E-state index in [9.17, 15) is 20.0 Å². The number of phenolic OH excluding ortho intramolecular Hbond substituents is 1. The van der Waals surface area contributed by atoms with E-state index in [4.69, 9.17) is 23.2 Å². The van der Waals surface area contributed by atoms with Crippen molar-refractivity contribution >= 4 is 40.9 Å². The topological polar surface area (TPSA) is 121 Å². The minimum atomic E-state index is -0.598. The Bertz CT molecular complexity index is 1090. The number of aromatic hydroxyl groups is 1. The second kappa shape index (κ2) is 8.20. The summed E-state index contributed by atoms with van der Waals surface area (Å²) >= 11 is 12.0. The highest BCUT2D eigenvalue weighted by Crippen LogP contribution is 2.29. The predicted molar refractivity (Wildman–Crippen MR) is 106 cm³/mol. The molecule has 142 valence electrons. The molecule has 0 saturated heterocycles. The van der Waals surface area contributed by atoms with Crippen molar-refractivity contribution in [2.75, 3.05) is 6.54 Å². The van der Waals surface area contributed by atoms with Crippen molar-refractivity contribution in [1.82, 2.24) is 10.2 Å². The third-order valence-electron chi connectivity index (χ3n) is 3.76. The van der Waals surface area contributed by atoms with E-state index in [1.165, 1.54) is 24.4 Å². The van der Waals surface area contributed by atoms with Gasteiger partial charge < -0.3 is 5.11 Å². The van der Waals surface area contributed by atoms with E-state index in [0.717, 1.165) is 6.07 Å². The molecule has 0 amide bonds. The number of aliphatic imine (C=N–C) groups is 1. The Kier molecular flexibility index (Phi) is 5.72. The van der Waals surface area contributed by atoms with Crippen molar-refractivity contribution in [3.05, 3.63) is 73.9 Å². The van der Waals surface area contributed by atoms with Gasteiger partial charge in [0, 0.05) is 22.9 Å². The van der Waals surface area contributed by atoms with Crippen molar-refractivity contribution in [3.8, 4) is 17.0 Å². The second-order valence-electron chi connectivity index (χ2n) is 5.68. The van der Waals surface area contributed by atoms with Gasteiger partial charge in [-0.2, -0.15) is 5.10 Å². The number of hydrogen-bond donors (Lipinski definition) is 2. The highest BCUT2D eigenvalue weighted by molar-refractivity contribution is 6.36. The summed E-state index contributed by atoms with van der Waals surface area (Å²) < 4.78 is 0. The molecular weight excluding hydrogens is 407 g/mol. The predicted octanol–water partition coefficient (Wildman–Crippen LogP) is 4.30. The Morgan fingerprint density at radius 2 is 2.04 bits per heavy atom. The fraction of sp³-hybridized carbons (Fsp3) is 0.0556. The molecule has 28 heavy (non-hydrogen) atoms. The van der Waals surface area contributed by atoms with Gasteiger partial charge in [0.25, 0.3) is 5.69 Å². The second-order valence-corrected chi connectivity index (χ2v) is 6.53. The summed E-state index contributed by atoms with van der Waals surface area (Å²) in [5.41, 5.74) is 1.16. The molecule has 3 aromatic rings. The lowest BCUT2D eigenvalue weighted by Gasteiger charge is -2.00. The van der Waals surface area contributed by atoms with E-state index in [1.54, 1.807) is 18.2 Å². The van der Waals surface area contributed by atoms with Crippen LogP contribution in [0.2, 0.25) is 10.0 Å². The smallest absolute Gasteiger partial charge is 0.278 e. The molecule has 1 aromatic heterocycles. The van der Waals surface area contributed by atoms with E-state index in [2.05, 4.69) is 15.2 Å². The Labute approximate surface area is 168 Å². The molecule has 10 heteroatoms. The average Bonchev–Trinajstić information content (AvgIpc) is 3.11. The van der Waals surface area contributed by atoms with Crippen LogP contribution in [-0.4, -0.2) is 38.8 Å². The summed E-state index contributed by atoms with van der Waals surface area (Å²) in [6, 6.07) is 10.0. The fourth-order valence-corrected chi connectivity index (χ4v) is 2.93. The monoisotopic (exact) mass is 418 g/mol. The standard InChI is InChI=1S/C18H12Cl2N4O4/c19-11-1-3-13(14(20)6-11)15-7-16(23-22-15)18(26)9-21-8-10-5-12(25)2-4-17(10)24(27)28/h1-8,25H,9H2,(H,22,23). The third kappa shape index (κ3) is 4.36. The summed E-state index contributed by atoms with van der Waals surface area (Å²) in [7, 11) is 0. The number of hydrogen-bond acceptors (Lipinski definition) is 6. The van der Waals surface area contributed by atoms with Crippen molar-refractivity contribution in [2.45, 2.75) is 0 Å². The van der Waals surface area contributed by atoms with E-state index in [0.29, 0.717) is 21.3 Å². The van der Waals surface area contributed by atoms with Gasteiger partial charge in [-0.15, -0.1) is 0 Å². The Morgan fingerprint density at radius 3 is 2.75 bits per heavy atom. The summed E-state index contributed by atoms with van der Waals surface area (Å²) in [6.07, 6.45) is 1.17. The number of halogens is 2. The van der Waals surface area contributed by atoms with Crippen LogP contribution in [0.4, 0.5) is 5.69 Å².